The van der Waals surface area contributed by atoms with Gasteiger partial charge in [-0.3, -0.25) is 0 Å². The predicted octanol–water partition coefficient (Wildman–Crippen LogP) is 1.93. The van der Waals surface area contributed by atoms with Crippen molar-refractivity contribution in [1.82, 2.24) is 0 Å². The van der Waals surface area contributed by atoms with Crippen LogP contribution in [0.15, 0.2) is 24.3 Å². The lowest BCUT2D eigenvalue weighted by Crippen LogP contribution is -1.98. The molecule has 0 bridgehead atoms. The van der Waals surface area contributed by atoms with E-state index in [0.29, 0.717) is 0 Å². The average molecular weight is 170 g/mol. The Hall–Kier alpha value is -0.130. The second-order valence-electron chi connectivity index (χ2n) is 2.37. The molecular weight excluding hydrogens is 159 g/mol. The first-order valence-corrected chi connectivity index (χ1v) is 6.41. The SMILES string of the molecule is Cc1ccccc1[PH](C)=S. The van der Waals surface area contributed by atoms with Gasteiger partial charge in [0, 0.05) is 0 Å². The third kappa shape index (κ3) is 1.68. The van der Waals surface area contributed by atoms with Gasteiger partial charge in [0.05, 0.1) is 0 Å². The molecule has 1 unspecified atom stereocenters. The van der Waals surface area contributed by atoms with Gasteiger partial charge in [-0.15, -0.1) is 0 Å². The second-order valence-corrected chi connectivity index (χ2v) is 5.86. The quantitative estimate of drug-likeness (QED) is 0.580. The molecule has 1 aromatic carbocycles. The van der Waals surface area contributed by atoms with Gasteiger partial charge < -0.3 is 0 Å². The van der Waals surface area contributed by atoms with Crippen LogP contribution in [0.4, 0.5) is 0 Å². The molecule has 0 nitrogen and oxygen atoms in total. The minimum Gasteiger partial charge on any atom is -0.0963 e. The topological polar surface area (TPSA) is 0 Å². The van der Waals surface area contributed by atoms with Gasteiger partial charge in [-0.05, 0) is 31.2 Å². The normalized spacial score (nSPS) is 13.0. The van der Waals surface area contributed by atoms with Gasteiger partial charge in [-0.25, -0.2) is 0 Å². The number of hydrogen-bond acceptors (Lipinski definition) is 1. The van der Waals surface area contributed by atoms with E-state index in [1.165, 1.54) is 10.9 Å². The lowest BCUT2D eigenvalue weighted by molar-refractivity contribution is 1.52. The maximum atomic E-state index is 5.23. The highest BCUT2D eigenvalue weighted by Gasteiger charge is 1.94. The fourth-order valence-electron chi connectivity index (χ4n) is 0.968. The van der Waals surface area contributed by atoms with Crippen LogP contribution in [0, 0.1) is 6.92 Å². The van der Waals surface area contributed by atoms with Gasteiger partial charge in [0.25, 0.3) is 0 Å². The van der Waals surface area contributed by atoms with Crippen LogP contribution >= 0.6 is 6.70 Å². The van der Waals surface area contributed by atoms with Crippen LogP contribution in [0.2, 0.25) is 0 Å². The fourth-order valence-corrected chi connectivity index (χ4v) is 2.62. The van der Waals surface area contributed by atoms with Gasteiger partial charge in [-0.2, -0.15) is 0 Å². The van der Waals surface area contributed by atoms with Crippen LogP contribution in [-0.2, 0) is 11.8 Å². The smallest absolute Gasteiger partial charge is 0.0143 e. The third-order valence-corrected chi connectivity index (χ3v) is 3.50. The zero-order valence-electron chi connectivity index (χ0n) is 6.22. The summed E-state index contributed by atoms with van der Waals surface area (Å²) in [6.45, 7) is 3.60. The van der Waals surface area contributed by atoms with E-state index in [9.17, 15) is 0 Å². The van der Waals surface area contributed by atoms with E-state index in [2.05, 4.69) is 37.9 Å². The van der Waals surface area contributed by atoms with Crippen molar-refractivity contribution in [3.8, 4) is 0 Å². The summed E-state index contributed by atoms with van der Waals surface area (Å²) in [5, 5.41) is 1.38. The molecule has 0 aliphatic heterocycles. The van der Waals surface area contributed by atoms with Crippen LogP contribution in [0.25, 0.3) is 0 Å². The van der Waals surface area contributed by atoms with Crippen molar-refractivity contribution in [1.29, 1.82) is 0 Å². The summed E-state index contributed by atoms with van der Waals surface area (Å²) in [5.74, 6) is 0. The highest BCUT2D eigenvalue weighted by Crippen LogP contribution is 2.15. The Morgan fingerprint density at radius 1 is 1.30 bits per heavy atom. The molecule has 2 heteroatoms. The van der Waals surface area contributed by atoms with Crippen molar-refractivity contribution >= 4 is 23.8 Å². The third-order valence-electron chi connectivity index (χ3n) is 1.52. The Morgan fingerprint density at radius 3 is 2.30 bits per heavy atom. The molecule has 0 spiro atoms. The first kappa shape index (κ1) is 7.97. The van der Waals surface area contributed by atoms with Crippen molar-refractivity contribution in [3.63, 3.8) is 0 Å². The lowest BCUT2D eigenvalue weighted by Gasteiger charge is -2.01. The molecule has 0 aliphatic rings. The molecule has 1 aromatic rings. The summed E-state index contributed by atoms with van der Waals surface area (Å²) in [6, 6.07) is 8.37. The summed E-state index contributed by atoms with van der Waals surface area (Å²) in [7, 11) is 0. The summed E-state index contributed by atoms with van der Waals surface area (Å²) in [4.78, 5) is 0. The maximum absolute atomic E-state index is 5.23. The standard InChI is InChI=1S/C8H11PS/c1-7-5-3-4-6-8(7)9(2)10/h3-6,9H,1-2H3. The van der Waals surface area contributed by atoms with Crippen molar-refractivity contribution in [3.05, 3.63) is 29.8 Å². The number of benzene rings is 1. The van der Waals surface area contributed by atoms with Gasteiger partial charge in [0.1, 0.15) is 0 Å². The van der Waals surface area contributed by atoms with Crippen LogP contribution in [-0.4, -0.2) is 6.66 Å². The van der Waals surface area contributed by atoms with Gasteiger partial charge in [0.2, 0.25) is 0 Å². The van der Waals surface area contributed by atoms with E-state index in [0.717, 1.165) is 0 Å². The van der Waals surface area contributed by atoms with E-state index in [1.54, 1.807) is 0 Å². The molecule has 0 saturated carbocycles. The monoisotopic (exact) mass is 170 g/mol. The summed E-state index contributed by atoms with van der Waals surface area (Å²) in [6.07, 6.45) is 0. The molecule has 0 aromatic heterocycles. The van der Waals surface area contributed by atoms with E-state index in [-0.39, 0.29) is 0 Å². The summed E-state index contributed by atoms with van der Waals surface area (Å²) in [5.41, 5.74) is 1.34. The molecule has 1 atom stereocenters. The summed E-state index contributed by atoms with van der Waals surface area (Å²) < 4.78 is 0. The predicted molar refractivity (Wildman–Crippen MR) is 52.4 cm³/mol. The van der Waals surface area contributed by atoms with E-state index in [1.807, 2.05) is 0 Å². The van der Waals surface area contributed by atoms with Crippen molar-refractivity contribution in [2.45, 2.75) is 6.92 Å². The molecule has 0 heterocycles. The van der Waals surface area contributed by atoms with E-state index >= 15 is 0 Å². The van der Waals surface area contributed by atoms with Crippen LogP contribution in [0.5, 0.6) is 0 Å². The molecule has 0 fully saturated rings. The van der Waals surface area contributed by atoms with E-state index < -0.39 is 6.70 Å². The summed E-state index contributed by atoms with van der Waals surface area (Å²) >= 11 is 5.23. The minimum absolute atomic E-state index is 0.659. The Balaban J connectivity index is 3.15. The van der Waals surface area contributed by atoms with Crippen LogP contribution in [0.1, 0.15) is 5.56 Å². The molecule has 0 saturated heterocycles. The fraction of sp³-hybridized carbons (Fsp3) is 0.250. The van der Waals surface area contributed by atoms with Crippen molar-refractivity contribution in [2.24, 2.45) is 0 Å². The average Bonchev–Trinajstić information content (AvgIpc) is 1.88. The lowest BCUT2D eigenvalue weighted by atomic mass is 10.2. The number of rotatable bonds is 1. The zero-order chi connectivity index (χ0) is 7.56. The molecule has 0 amide bonds. The molecule has 10 heavy (non-hydrogen) atoms. The van der Waals surface area contributed by atoms with Gasteiger partial charge in [-0.1, -0.05) is 36.1 Å². The molecule has 54 valence electrons. The highest BCUT2D eigenvalue weighted by molar-refractivity contribution is 8.08. The van der Waals surface area contributed by atoms with Gasteiger partial charge in [0.15, 0.2) is 0 Å². The Labute approximate surface area is 67.7 Å². The Kier molecular flexibility index (Phi) is 2.64. The first-order chi connectivity index (χ1) is 4.72. The van der Waals surface area contributed by atoms with Crippen LogP contribution < -0.4 is 5.30 Å². The minimum atomic E-state index is -0.659. The molecule has 0 N–H and O–H groups in total. The van der Waals surface area contributed by atoms with E-state index in [4.69, 9.17) is 11.8 Å². The van der Waals surface area contributed by atoms with Crippen LogP contribution in [0.3, 0.4) is 0 Å². The zero-order valence-corrected chi connectivity index (χ0v) is 8.03. The number of hydrogen-bond donors (Lipinski definition) is 0. The maximum Gasteiger partial charge on any atom is -0.0143 e. The second kappa shape index (κ2) is 3.32. The Morgan fingerprint density at radius 2 is 1.90 bits per heavy atom. The first-order valence-electron chi connectivity index (χ1n) is 3.28. The number of aryl methyl sites for hydroxylation is 1. The molecule has 0 aliphatic carbocycles. The highest BCUT2D eigenvalue weighted by atomic mass is 32.4. The van der Waals surface area contributed by atoms with Gasteiger partial charge >= 0.3 is 0 Å². The Bertz CT molecular complexity index is 255. The molecule has 0 radical (unpaired) electrons. The largest absolute Gasteiger partial charge is 0.0963 e. The van der Waals surface area contributed by atoms with Crippen molar-refractivity contribution < 1.29 is 0 Å². The molecular formula is C8H11PS. The van der Waals surface area contributed by atoms with Crippen molar-refractivity contribution in [2.75, 3.05) is 6.66 Å². The molecule has 1 rings (SSSR count).